The summed E-state index contributed by atoms with van der Waals surface area (Å²) in [6, 6.07) is 24.3. The van der Waals surface area contributed by atoms with Crippen LogP contribution in [0.4, 0.5) is 0 Å². The van der Waals surface area contributed by atoms with Gasteiger partial charge in [-0.1, -0.05) is 49.6 Å². The van der Waals surface area contributed by atoms with Gasteiger partial charge >= 0.3 is 0 Å². The summed E-state index contributed by atoms with van der Waals surface area (Å²) in [5.41, 5.74) is 4.72. The molecule has 1 N–H and O–H groups in total. The number of rotatable bonds is 6. The van der Waals surface area contributed by atoms with E-state index < -0.39 is 0 Å². The molecule has 1 fully saturated rings. The maximum atomic E-state index is 12.8. The number of nitrogens with one attached hydrogen (secondary N) is 1. The van der Waals surface area contributed by atoms with Crippen molar-refractivity contribution in [2.45, 2.75) is 44.7 Å². The first-order chi connectivity index (χ1) is 16.2. The fourth-order valence-electron chi connectivity index (χ4n) is 4.77. The van der Waals surface area contributed by atoms with E-state index in [4.69, 9.17) is 9.72 Å². The molecule has 33 heavy (non-hydrogen) atoms. The second kappa shape index (κ2) is 9.49. The summed E-state index contributed by atoms with van der Waals surface area (Å²) in [4.78, 5) is 17.9. The van der Waals surface area contributed by atoms with Crippen LogP contribution in [0, 0.1) is 0 Å². The van der Waals surface area contributed by atoms with E-state index in [2.05, 4.69) is 28.1 Å². The number of carbonyl (C=O) groups excluding carboxylic acids is 1. The van der Waals surface area contributed by atoms with Crippen LogP contribution in [0.1, 0.15) is 54.1 Å². The number of aromatic nitrogens is 2. The fraction of sp³-hybridized carbons (Fsp3) is 0.286. The maximum Gasteiger partial charge on any atom is 0.251 e. The zero-order chi connectivity index (χ0) is 22.6. The van der Waals surface area contributed by atoms with Crippen molar-refractivity contribution in [3.63, 3.8) is 0 Å². The molecule has 0 bridgehead atoms. The van der Waals surface area contributed by atoms with Crippen molar-refractivity contribution in [2.75, 3.05) is 7.11 Å². The van der Waals surface area contributed by atoms with E-state index in [1.807, 2.05) is 54.6 Å². The Morgan fingerprint density at radius 1 is 1.00 bits per heavy atom. The SMILES string of the molecule is COc1ccc(-c2nc3cc(C(=O)NCc4ccccc4)ccc3n2C2CCCCC2)cc1. The summed E-state index contributed by atoms with van der Waals surface area (Å²) in [5, 5.41) is 3.02. The Hall–Kier alpha value is -3.60. The van der Waals surface area contributed by atoms with Crippen molar-refractivity contribution in [3.8, 4) is 17.1 Å². The Morgan fingerprint density at radius 3 is 2.48 bits per heavy atom. The molecule has 5 rings (SSSR count). The van der Waals surface area contributed by atoms with Crippen molar-refractivity contribution in [3.05, 3.63) is 83.9 Å². The Bertz CT molecular complexity index is 1240. The van der Waals surface area contributed by atoms with Gasteiger partial charge in [-0.05, 0) is 60.9 Å². The van der Waals surface area contributed by atoms with E-state index in [0.29, 0.717) is 18.2 Å². The molecule has 1 aromatic heterocycles. The summed E-state index contributed by atoms with van der Waals surface area (Å²) in [7, 11) is 1.68. The first-order valence-electron chi connectivity index (χ1n) is 11.7. The number of carbonyl (C=O) groups is 1. The zero-order valence-corrected chi connectivity index (χ0v) is 19.0. The van der Waals surface area contributed by atoms with Crippen LogP contribution in [-0.2, 0) is 6.54 Å². The summed E-state index contributed by atoms with van der Waals surface area (Å²) in [6.45, 7) is 0.505. The number of hydrogen-bond donors (Lipinski definition) is 1. The number of nitrogens with zero attached hydrogens (tertiary/aromatic N) is 2. The lowest BCUT2D eigenvalue weighted by atomic mass is 9.95. The number of benzene rings is 3. The first kappa shape index (κ1) is 21.3. The third kappa shape index (κ3) is 4.49. The molecule has 5 nitrogen and oxygen atoms in total. The van der Waals surface area contributed by atoms with Crippen LogP contribution >= 0.6 is 0 Å². The molecular weight excluding hydrogens is 410 g/mol. The second-order valence-corrected chi connectivity index (χ2v) is 8.70. The number of hydrogen-bond acceptors (Lipinski definition) is 3. The predicted octanol–water partition coefficient (Wildman–Crippen LogP) is 6.15. The van der Waals surface area contributed by atoms with Gasteiger partial charge in [-0.2, -0.15) is 0 Å². The number of amides is 1. The lowest BCUT2D eigenvalue weighted by Gasteiger charge is -2.25. The van der Waals surface area contributed by atoms with E-state index in [1.165, 1.54) is 19.3 Å². The van der Waals surface area contributed by atoms with Gasteiger partial charge in [-0.25, -0.2) is 4.98 Å². The number of fused-ring (bicyclic) bond motifs is 1. The largest absolute Gasteiger partial charge is 0.497 e. The highest BCUT2D eigenvalue weighted by atomic mass is 16.5. The highest BCUT2D eigenvalue weighted by molar-refractivity contribution is 5.97. The molecule has 1 aliphatic carbocycles. The van der Waals surface area contributed by atoms with Gasteiger partial charge in [0.05, 0.1) is 18.1 Å². The van der Waals surface area contributed by atoms with Gasteiger partial charge in [0, 0.05) is 23.7 Å². The standard InChI is InChI=1S/C28H29N3O2/c1-33-24-15-12-21(13-16-24)27-30-25-18-22(28(32)29-19-20-8-4-2-5-9-20)14-17-26(25)31(27)23-10-6-3-7-11-23/h2,4-5,8-9,12-18,23H,3,6-7,10-11,19H2,1H3,(H,29,32). The van der Waals surface area contributed by atoms with Gasteiger partial charge < -0.3 is 14.6 Å². The summed E-state index contributed by atoms with van der Waals surface area (Å²) in [5.74, 6) is 1.71. The monoisotopic (exact) mass is 439 g/mol. The minimum Gasteiger partial charge on any atom is -0.497 e. The molecular formula is C28H29N3O2. The van der Waals surface area contributed by atoms with Crippen molar-refractivity contribution < 1.29 is 9.53 Å². The Labute approximate surface area is 194 Å². The third-order valence-corrected chi connectivity index (χ3v) is 6.54. The fourth-order valence-corrected chi connectivity index (χ4v) is 4.77. The predicted molar refractivity (Wildman–Crippen MR) is 131 cm³/mol. The van der Waals surface area contributed by atoms with E-state index in [1.54, 1.807) is 7.11 Å². The van der Waals surface area contributed by atoms with Crippen LogP contribution in [-0.4, -0.2) is 22.6 Å². The quantitative estimate of drug-likeness (QED) is 0.392. The molecule has 1 heterocycles. The molecule has 1 amide bonds. The number of ether oxygens (including phenoxy) is 1. The number of methoxy groups -OCH3 is 1. The molecule has 4 aromatic rings. The molecule has 168 valence electrons. The molecule has 3 aromatic carbocycles. The van der Waals surface area contributed by atoms with Gasteiger partial charge in [0.15, 0.2) is 0 Å². The molecule has 0 spiro atoms. The van der Waals surface area contributed by atoms with Crippen LogP contribution in [0.3, 0.4) is 0 Å². The normalized spacial score (nSPS) is 14.3. The Balaban J connectivity index is 1.49. The first-order valence-corrected chi connectivity index (χ1v) is 11.7. The van der Waals surface area contributed by atoms with Crippen LogP contribution in [0.2, 0.25) is 0 Å². The van der Waals surface area contributed by atoms with E-state index in [-0.39, 0.29) is 5.91 Å². The highest BCUT2D eigenvalue weighted by Crippen LogP contribution is 2.36. The van der Waals surface area contributed by atoms with Gasteiger partial charge in [0.2, 0.25) is 0 Å². The van der Waals surface area contributed by atoms with Crippen LogP contribution in [0.5, 0.6) is 5.75 Å². The van der Waals surface area contributed by atoms with Gasteiger partial charge in [0.1, 0.15) is 11.6 Å². The molecule has 0 radical (unpaired) electrons. The molecule has 5 heteroatoms. The maximum absolute atomic E-state index is 12.8. The lowest BCUT2D eigenvalue weighted by Crippen LogP contribution is -2.22. The average molecular weight is 440 g/mol. The van der Waals surface area contributed by atoms with Crippen molar-refractivity contribution in [1.29, 1.82) is 0 Å². The molecule has 0 aliphatic heterocycles. The Morgan fingerprint density at radius 2 is 1.76 bits per heavy atom. The second-order valence-electron chi connectivity index (χ2n) is 8.70. The van der Waals surface area contributed by atoms with Gasteiger partial charge in [-0.3, -0.25) is 4.79 Å². The van der Waals surface area contributed by atoms with E-state index in [9.17, 15) is 4.79 Å². The summed E-state index contributed by atoms with van der Waals surface area (Å²) in [6.07, 6.45) is 6.10. The topological polar surface area (TPSA) is 56.1 Å². The van der Waals surface area contributed by atoms with Crippen molar-refractivity contribution in [2.24, 2.45) is 0 Å². The highest BCUT2D eigenvalue weighted by Gasteiger charge is 2.23. The van der Waals surface area contributed by atoms with Crippen molar-refractivity contribution in [1.82, 2.24) is 14.9 Å². The molecule has 0 atom stereocenters. The van der Waals surface area contributed by atoms with Crippen LogP contribution in [0.15, 0.2) is 72.8 Å². The summed E-state index contributed by atoms with van der Waals surface area (Å²) < 4.78 is 7.73. The molecule has 0 unspecified atom stereocenters. The van der Waals surface area contributed by atoms with Crippen molar-refractivity contribution >= 4 is 16.9 Å². The Kier molecular flexibility index (Phi) is 6.11. The minimum atomic E-state index is -0.0843. The lowest BCUT2D eigenvalue weighted by molar-refractivity contribution is 0.0951. The minimum absolute atomic E-state index is 0.0843. The third-order valence-electron chi connectivity index (χ3n) is 6.54. The molecule has 0 saturated heterocycles. The zero-order valence-electron chi connectivity index (χ0n) is 19.0. The van der Waals surface area contributed by atoms with E-state index >= 15 is 0 Å². The average Bonchev–Trinajstić information content (AvgIpc) is 3.27. The molecule has 1 aliphatic rings. The smallest absolute Gasteiger partial charge is 0.251 e. The van der Waals surface area contributed by atoms with E-state index in [0.717, 1.165) is 46.6 Å². The van der Waals surface area contributed by atoms with Gasteiger partial charge in [0.25, 0.3) is 5.91 Å². The van der Waals surface area contributed by atoms with Gasteiger partial charge in [-0.15, -0.1) is 0 Å². The van der Waals surface area contributed by atoms with Crippen LogP contribution in [0.25, 0.3) is 22.4 Å². The van der Waals surface area contributed by atoms with Crippen LogP contribution < -0.4 is 10.1 Å². The summed E-state index contributed by atoms with van der Waals surface area (Å²) >= 11 is 0. The molecule has 1 saturated carbocycles. The number of imidazole rings is 1.